The molecular weight excluding hydrogens is 294 g/mol. The van der Waals surface area contributed by atoms with Gasteiger partial charge in [0.25, 0.3) is 0 Å². The van der Waals surface area contributed by atoms with Gasteiger partial charge in [0.1, 0.15) is 12.3 Å². The number of anilines is 2. The van der Waals surface area contributed by atoms with Crippen molar-refractivity contribution in [1.29, 1.82) is 0 Å². The molecule has 2 aromatic rings. The molecule has 120 valence electrons. The first-order valence-corrected chi connectivity index (χ1v) is 7.45. The number of carbonyl (C=O) groups excluding carboxylic acids is 2. The molecule has 1 aromatic carbocycles. The van der Waals surface area contributed by atoms with Crippen molar-refractivity contribution in [1.82, 2.24) is 5.16 Å². The molecule has 1 aromatic heterocycles. The SMILES string of the molecule is Cc1ccc2c(c1)C(C)(C)C(=O)N2CC(=O)Nc1cc(C)on1. The highest BCUT2D eigenvalue weighted by Crippen LogP contribution is 2.41. The molecule has 0 unspecified atom stereocenters. The number of benzene rings is 1. The van der Waals surface area contributed by atoms with Crippen molar-refractivity contribution in [3.8, 4) is 0 Å². The molecule has 0 spiro atoms. The number of nitrogens with one attached hydrogen (secondary N) is 1. The summed E-state index contributed by atoms with van der Waals surface area (Å²) < 4.78 is 4.91. The Labute approximate surface area is 134 Å². The standard InChI is InChI=1S/C17H19N3O3/c1-10-5-6-13-12(7-10)17(3,4)16(22)20(13)9-15(21)18-14-8-11(2)23-19-14/h5-8H,9H2,1-4H3,(H,18,19,21). The van der Waals surface area contributed by atoms with Gasteiger partial charge >= 0.3 is 0 Å². The van der Waals surface area contributed by atoms with Gasteiger partial charge in [0.15, 0.2) is 5.82 Å². The molecule has 1 N–H and O–H groups in total. The van der Waals surface area contributed by atoms with Crippen molar-refractivity contribution in [2.45, 2.75) is 33.1 Å². The highest BCUT2D eigenvalue weighted by molar-refractivity contribution is 6.11. The minimum Gasteiger partial charge on any atom is -0.360 e. The number of hydrogen-bond acceptors (Lipinski definition) is 4. The van der Waals surface area contributed by atoms with E-state index in [4.69, 9.17) is 4.52 Å². The van der Waals surface area contributed by atoms with Crippen molar-refractivity contribution in [3.05, 3.63) is 41.2 Å². The maximum atomic E-state index is 12.7. The number of carbonyl (C=O) groups is 2. The first kappa shape index (κ1) is 15.3. The summed E-state index contributed by atoms with van der Waals surface area (Å²) >= 11 is 0. The van der Waals surface area contributed by atoms with Gasteiger partial charge in [-0.25, -0.2) is 0 Å². The molecule has 1 aliphatic heterocycles. The second kappa shape index (κ2) is 5.22. The quantitative estimate of drug-likeness (QED) is 0.945. The first-order chi connectivity index (χ1) is 10.8. The Morgan fingerprint density at radius 2 is 2.04 bits per heavy atom. The predicted octanol–water partition coefficient (Wildman–Crippen LogP) is 2.55. The van der Waals surface area contributed by atoms with Crippen LogP contribution in [0.4, 0.5) is 11.5 Å². The van der Waals surface area contributed by atoms with Crippen LogP contribution >= 0.6 is 0 Å². The van der Waals surface area contributed by atoms with E-state index in [-0.39, 0.29) is 18.4 Å². The van der Waals surface area contributed by atoms with Crippen LogP contribution in [0.5, 0.6) is 0 Å². The molecule has 0 radical (unpaired) electrons. The molecule has 0 bridgehead atoms. The lowest BCUT2D eigenvalue weighted by Gasteiger charge is -2.19. The van der Waals surface area contributed by atoms with E-state index in [2.05, 4.69) is 10.5 Å². The van der Waals surface area contributed by atoms with Crippen LogP contribution in [0.1, 0.15) is 30.7 Å². The van der Waals surface area contributed by atoms with Gasteiger partial charge in [-0.2, -0.15) is 0 Å². The average molecular weight is 313 g/mol. The normalized spacial score (nSPS) is 15.7. The fourth-order valence-corrected chi connectivity index (χ4v) is 2.86. The zero-order valence-electron chi connectivity index (χ0n) is 13.6. The molecule has 0 saturated carbocycles. The van der Waals surface area contributed by atoms with Crippen LogP contribution in [0, 0.1) is 13.8 Å². The van der Waals surface area contributed by atoms with Crippen LogP contribution < -0.4 is 10.2 Å². The monoisotopic (exact) mass is 313 g/mol. The summed E-state index contributed by atoms with van der Waals surface area (Å²) in [5, 5.41) is 6.37. The summed E-state index contributed by atoms with van der Waals surface area (Å²) in [6.45, 7) is 7.44. The molecule has 6 nitrogen and oxygen atoms in total. The minimum atomic E-state index is -0.633. The smallest absolute Gasteiger partial charge is 0.245 e. The molecule has 2 amide bonds. The second-order valence-corrected chi connectivity index (χ2v) is 6.41. The molecular formula is C17H19N3O3. The Morgan fingerprint density at radius 1 is 1.30 bits per heavy atom. The summed E-state index contributed by atoms with van der Waals surface area (Å²) in [6.07, 6.45) is 0. The van der Waals surface area contributed by atoms with Crippen LogP contribution in [-0.4, -0.2) is 23.5 Å². The number of aryl methyl sites for hydroxylation is 2. The zero-order chi connectivity index (χ0) is 16.8. The van der Waals surface area contributed by atoms with Crippen LogP contribution in [0.2, 0.25) is 0 Å². The Kier molecular flexibility index (Phi) is 3.47. The lowest BCUT2D eigenvalue weighted by molar-refractivity contribution is -0.124. The number of fused-ring (bicyclic) bond motifs is 1. The van der Waals surface area contributed by atoms with Crippen LogP contribution in [0.25, 0.3) is 0 Å². The largest absolute Gasteiger partial charge is 0.360 e. The predicted molar refractivity (Wildman–Crippen MR) is 86.4 cm³/mol. The van der Waals surface area contributed by atoms with Crippen molar-refractivity contribution >= 4 is 23.3 Å². The third-order valence-corrected chi connectivity index (χ3v) is 4.09. The molecule has 0 saturated heterocycles. The lowest BCUT2D eigenvalue weighted by Crippen LogP contribution is -2.40. The number of aromatic nitrogens is 1. The van der Waals surface area contributed by atoms with Gasteiger partial charge < -0.3 is 14.7 Å². The van der Waals surface area contributed by atoms with Gasteiger partial charge in [-0.15, -0.1) is 0 Å². The van der Waals surface area contributed by atoms with Crippen molar-refractivity contribution < 1.29 is 14.1 Å². The maximum absolute atomic E-state index is 12.7. The van der Waals surface area contributed by atoms with E-state index in [0.717, 1.165) is 16.8 Å². The summed E-state index contributed by atoms with van der Waals surface area (Å²) in [6, 6.07) is 7.47. The van der Waals surface area contributed by atoms with Gasteiger partial charge in [-0.05, 0) is 39.3 Å². The fraction of sp³-hybridized carbons (Fsp3) is 0.353. The fourth-order valence-electron chi connectivity index (χ4n) is 2.86. The van der Waals surface area contributed by atoms with E-state index in [0.29, 0.717) is 11.6 Å². The second-order valence-electron chi connectivity index (χ2n) is 6.41. The van der Waals surface area contributed by atoms with Gasteiger partial charge in [0.2, 0.25) is 11.8 Å². The molecule has 6 heteroatoms. The number of nitrogens with zero attached hydrogens (tertiary/aromatic N) is 2. The molecule has 1 aliphatic rings. The third-order valence-electron chi connectivity index (χ3n) is 4.09. The molecule has 23 heavy (non-hydrogen) atoms. The molecule has 0 aliphatic carbocycles. The van der Waals surface area contributed by atoms with E-state index in [1.165, 1.54) is 4.90 Å². The van der Waals surface area contributed by atoms with Crippen molar-refractivity contribution in [2.24, 2.45) is 0 Å². The Hall–Kier alpha value is -2.63. The summed E-state index contributed by atoms with van der Waals surface area (Å²) in [7, 11) is 0. The molecule has 2 heterocycles. The Balaban J connectivity index is 1.83. The molecule has 3 rings (SSSR count). The van der Waals surface area contributed by atoms with Crippen LogP contribution in [0.3, 0.4) is 0 Å². The summed E-state index contributed by atoms with van der Waals surface area (Å²) in [5.41, 5.74) is 2.20. The minimum absolute atomic E-state index is 0.0514. The Morgan fingerprint density at radius 3 is 2.70 bits per heavy atom. The van der Waals surface area contributed by atoms with E-state index in [9.17, 15) is 9.59 Å². The Bertz CT molecular complexity index is 792. The van der Waals surface area contributed by atoms with E-state index in [1.54, 1.807) is 13.0 Å². The van der Waals surface area contributed by atoms with E-state index >= 15 is 0 Å². The lowest BCUT2D eigenvalue weighted by atomic mass is 9.85. The van der Waals surface area contributed by atoms with Crippen molar-refractivity contribution in [2.75, 3.05) is 16.8 Å². The number of rotatable bonds is 3. The average Bonchev–Trinajstić information content (AvgIpc) is 2.95. The first-order valence-electron chi connectivity index (χ1n) is 7.45. The van der Waals surface area contributed by atoms with Crippen molar-refractivity contribution in [3.63, 3.8) is 0 Å². The van der Waals surface area contributed by atoms with Gasteiger partial charge in [0, 0.05) is 11.8 Å². The summed E-state index contributed by atoms with van der Waals surface area (Å²) in [5.74, 6) is 0.572. The molecule has 0 fully saturated rings. The zero-order valence-corrected chi connectivity index (χ0v) is 13.6. The van der Waals surface area contributed by atoms with E-state index in [1.807, 2.05) is 39.0 Å². The van der Waals surface area contributed by atoms with E-state index < -0.39 is 5.41 Å². The number of amides is 2. The van der Waals surface area contributed by atoms with Crippen LogP contribution in [0.15, 0.2) is 28.8 Å². The highest BCUT2D eigenvalue weighted by atomic mass is 16.5. The topological polar surface area (TPSA) is 75.4 Å². The van der Waals surface area contributed by atoms with Gasteiger partial charge in [-0.1, -0.05) is 22.9 Å². The molecule has 0 atom stereocenters. The summed E-state index contributed by atoms with van der Waals surface area (Å²) in [4.78, 5) is 26.4. The van der Waals surface area contributed by atoms with Crippen LogP contribution in [-0.2, 0) is 15.0 Å². The van der Waals surface area contributed by atoms with Gasteiger partial charge in [0.05, 0.1) is 5.41 Å². The highest BCUT2D eigenvalue weighted by Gasteiger charge is 2.44. The number of hydrogen-bond donors (Lipinski definition) is 1. The third kappa shape index (κ3) is 2.60. The maximum Gasteiger partial charge on any atom is 0.245 e. The van der Waals surface area contributed by atoms with Gasteiger partial charge in [-0.3, -0.25) is 9.59 Å².